The fraction of sp³-hybridized carbons (Fsp3) is 0.692. The lowest BCUT2D eigenvalue weighted by molar-refractivity contribution is -0.182. The molecule has 5 nitrogen and oxygen atoms in total. The third-order valence-electron chi connectivity index (χ3n) is 2.87. The second kappa shape index (κ2) is 4.48. The fourth-order valence-corrected chi connectivity index (χ4v) is 2.73. The molecule has 0 bridgehead atoms. The average Bonchev–Trinajstić information content (AvgIpc) is 2.16. The van der Waals surface area contributed by atoms with E-state index < -0.39 is 0 Å². The first-order chi connectivity index (χ1) is 8.26. The van der Waals surface area contributed by atoms with E-state index in [0.717, 1.165) is 25.3 Å². The monoisotopic (exact) mass is 250 g/mol. The van der Waals surface area contributed by atoms with Crippen LogP contribution < -0.4 is 5.73 Å². The molecule has 5 heteroatoms. The molecule has 0 spiro atoms. The summed E-state index contributed by atoms with van der Waals surface area (Å²) in [4.78, 5) is 10.7. The van der Waals surface area contributed by atoms with Crippen molar-refractivity contribution in [1.82, 2.24) is 14.9 Å². The Morgan fingerprint density at radius 2 is 1.78 bits per heavy atom. The molecule has 2 rings (SSSR count). The van der Waals surface area contributed by atoms with Crippen molar-refractivity contribution >= 4 is 5.82 Å². The van der Waals surface area contributed by atoms with Gasteiger partial charge in [0.15, 0.2) is 0 Å². The van der Waals surface area contributed by atoms with Crippen LogP contribution in [-0.4, -0.2) is 39.2 Å². The summed E-state index contributed by atoms with van der Waals surface area (Å²) >= 11 is 0. The highest BCUT2D eigenvalue weighted by atomic mass is 16.5. The molecule has 0 aromatic carbocycles. The molecule has 0 amide bonds. The zero-order chi connectivity index (χ0) is 13.4. The molecule has 0 saturated carbocycles. The quantitative estimate of drug-likeness (QED) is 0.860. The van der Waals surface area contributed by atoms with Crippen LogP contribution in [-0.2, 0) is 11.3 Å². The largest absolute Gasteiger partial charge is 0.382 e. The maximum absolute atomic E-state index is 6.05. The average molecular weight is 250 g/mol. The first kappa shape index (κ1) is 13.2. The van der Waals surface area contributed by atoms with Crippen molar-refractivity contribution < 1.29 is 4.74 Å². The number of nitrogen functional groups attached to an aromatic ring is 1. The zero-order valence-electron chi connectivity index (χ0n) is 11.6. The highest BCUT2D eigenvalue weighted by molar-refractivity contribution is 5.22. The molecule has 0 aliphatic carbocycles. The molecule has 0 atom stereocenters. The summed E-state index contributed by atoms with van der Waals surface area (Å²) < 4.78 is 6.05. The molecule has 2 N–H and O–H groups in total. The van der Waals surface area contributed by atoms with Crippen molar-refractivity contribution in [2.75, 3.05) is 18.8 Å². The van der Waals surface area contributed by atoms with Crippen LogP contribution in [0.5, 0.6) is 0 Å². The van der Waals surface area contributed by atoms with Gasteiger partial charge in [-0.15, -0.1) is 0 Å². The van der Waals surface area contributed by atoms with Crippen LogP contribution in [0, 0.1) is 0 Å². The van der Waals surface area contributed by atoms with E-state index in [-0.39, 0.29) is 11.2 Å². The SMILES string of the molecule is CC1(C)CN(Cc2cnc(N)cn2)CC(C)(C)O1. The third-order valence-corrected chi connectivity index (χ3v) is 2.87. The van der Waals surface area contributed by atoms with Crippen molar-refractivity contribution in [3.63, 3.8) is 0 Å². The summed E-state index contributed by atoms with van der Waals surface area (Å²) in [6, 6.07) is 0. The molecular formula is C13H22N4O. The lowest BCUT2D eigenvalue weighted by Gasteiger charge is -2.47. The van der Waals surface area contributed by atoms with Crippen molar-refractivity contribution in [3.8, 4) is 0 Å². The third kappa shape index (κ3) is 3.40. The highest BCUT2D eigenvalue weighted by Crippen LogP contribution is 2.28. The van der Waals surface area contributed by atoms with E-state index >= 15 is 0 Å². The van der Waals surface area contributed by atoms with Crippen molar-refractivity contribution in [1.29, 1.82) is 0 Å². The Hall–Kier alpha value is -1.20. The van der Waals surface area contributed by atoms with Gasteiger partial charge in [-0.1, -0.05) is 0 Å². The number of nitrogens with zero attached hydrogens (tertiary/aromatic N) is 3. The lowest BCUT2D eigenvalue weighted by Crippen LogP contribution is -2.56. The molecule has 0 radical (unpaired) electrons. The van der Waals surface area contributed by atoms with Gasteiger partial charge in [0.1, 0.15) is 5.82 Å². The fourth-order valence-electron chi connectivity index (χ4n) is 2.73. The van der Waals surface area contributed by atoms with E-state index in [1.54, 1.807) is 12.4 Å². The minimum absolute atomic E-state index is 0.136. The molecule has 1 aliphatic heterocycles. The number of anilines is 1. The Morgan fingerprint density at radius 1 is 1.17 bits per heavy atom. The van der Waals surface area contributed by atoms with Crippen LogP contribution in [0.25, 0.3) is 0 Å². The standard InChI is InChI=1S/C13H22N4O/c1-12(2)8-17(9-13(3,4)18-12)7-10-5-16-11(14)6-15-10/h5-6H,7-9H2,1-4H3,(H2,14,16). The predicted molar refractivity (Wildman–Crippen MR) is 71.0 cm³/mol. The summed E-state index contributed by atoms with van der Waals surface area (Å²) in [6.07, 6.45) is 3.34. The van der Waals surface area contributed by atoms with Crippen LogP contribution in [0.3, 0.4) is 0 Å². The van der Waals surface area contributed by atoms with Gasteiger partial charge >= 0.3 is 0 Å². The van der Waals surface area contributed by atoms with Crippen LogP contribution in [0.15, 0.2) is 12.4 Å². The zero-order valence-corrected chi connectivity index (χ0v) is 11.6. The van der Waals surface area contributed by atoms with Gasteiger partial charge in [0.05, 0.1) is 29.3 Å². The first-order valence-corrected chi connectivity index (χ1v) is 6.25. The maximum atomic E-state index is 6.05. The number of nitrogens with two attached hydrogens (primary N) is 1. The predicted octanol–water partition coefficient (Wildman–Crippen LogP) is 1.45. The van der Waals surface area contributed by atoms with E-state index in [4.69, 9.17) is 10.5 Å². The molecule has 1 fully saturated rings. The minimum Gasteiger partial charge on any atom is -0.382 e. The molecule has 1 aliphatic rings. The van der Waals surface area contributed by atoms with Gasteiger partial charge in [0.25, 0.3) is 0 Å². The lowest BCUT2D eigenvalue weighted by atomic mass is 9.99. The molecule has 18 heavy (non-hydrogen) atoms. The van der Waals surface area contributed by atoms with E-state index in [9.17, 15) is 0 Å². The summed E-state index contributed by atoms with van der Waals surface area (Å²) in [6.45, 7) is 11.0. The van der Waals surface area contributed by atoms with Gasteiger partial charge in [-0.05, 0) is 27.7 Å². The van der Waals surface area contributed by atoms with E-state index in [0.29, 0.717) is 5.82 Å². The van der Waals surface area contributed by atoms with Crippen LogP contribution in [0.2, 0.25) is 0 Å². The van der Waals surface area contributed by atoms with Gasteiger partial charge in [0.2, 0.25) is 0 Å². The number of rotatable bonds is 2. The van der Waals surface area contributed by atoms with Crippen LogP contribution >= 0.6 is 0 Å². The normalized spacial score (nSPS) is 22.9. The van der Waals surface area contributed by atoms with Gasteiger partial charge in [0, 0.05) is 19.6 Å². The molecule has 1 saturated heterocycles. The molecule has 100 valence electrons. The van der Waals surface area contributed by atoms with Crippen LogP contribution in [0.4, 0.5) is 5.82 Å². The topological polar surface area (TPSA) is 64.3 Å². The second-order valence-corrected chi connectivity index (χ2v) is 6.20. The Morgan fingerprint density at radius 3 is 2.28 bits per heavy atom. The molecule has 2 heterocycles. The number of hydrogen-bond donors (Lipinski definition) is 1. The van der Waals surface area contributed by atoms with Gasteiger partial charge in [-0.3, -0.25) is 9.88 Å². The number of morpholine rings is 1. The summed E-state index contributed by atoms with van der Waals surface area (Å²) in [7, 11) is 0. The maximum Gasteiger partial charge on any atom is 0.141 e. The summed E-state index contributed by atoms with van der Waals surface area (Å²) in [5, 5.41) is 0. The molecule has 0 unspecified atom stereocenters. The summed E-state index contributed by atoms with van der Waals surface area (Å²) in [5.41, 5.74) is 6.21. The smallest absolute Gasteiger partial charge is 0.141 e. The number of hydrogen-bond acceptors (Lipinski definition) is 5. The van der Waals surface area contributed by atoms with E-state index in [1.165, 1.54) is 0 Å². The molecular weight excluding hydrogens is 228 g/mol. The Balaban J connectivity index is 2.07. The van der Waals surface area contributed by atoms with Gasteiger partial charge < -0.3 is 10.5 Å². The minimum atomic E-state index is -0.136. The van der Waals surface area contributed by atoms with Crippen molar-refractivity contribution in [2.24, 2.45) is 0 Å². The first-order valence-electron chi connectivity index (χ1n) is 6.25. The Kier molecular flexibility index (Phi) is 3.29. The molecule has 1 aromatic rings. The summed E-state index contributed by atoms with van der Waals surface area (Å²) in [5.74, 6) is 0.460. The van der Waals surface area contributed by atoms with Crippen molar-refractivity contribution in [2.45, 2.75) is 45.4 Å². The second-order valence-electron chi connectivity index (χ2n) is 6.20. The van der Waals surface area contributed by atoms with Gasteiger partial charge in [-0.2, -0.15) is 0 Å². The van der Waals surface area contributed by atoms with E-state index in [1.807, 2.05) is 0 Å². The Labute approximate surface area is 108 Å². The van der Waals surface area contributed by atoms with Crippen LogP contribution in [0.1, 0.15) is 33.4 Å². The number of aromatic nitrogens is 2. The number of ether oxygens (including phenoxy) is 1. The molecule has 1 aromatic heterocycles. The van der Waals surface area contributed by atoms with Crippen molar-refractivity contribution in [3.05, 3.63) is 18.1 Å². The van der Waals surface area contributed by atoms with Gasteiger partial charge in [-0.25, -0.2) is 4.98 Å². The van der Waals surface area contributed by atoms with E-state index in [2.05, 4.69) is 42.6 Å². The highest BCUT2D eigenvalue weighted by Gasteiger charge is 2.37. The Bertz CT molecular complexity index is 398.